The van der Waals surface area contributed by atoms with Gasteiger partial charge < -0.3 is 15.3 Å². The van der Waals surface area contributed by atoms with Crippen molar-refractivity contribution < 1.29 is 24.9 Å². The molecule has 1 aromatic carbocycles. The highest BCUT2D eigenvalue weighted by atomic mass is 32.2. The van der Waals surface area contributed by atoms with E-state index in [1.54, 1.807) is 19.1 Å². The fourth-order valence-corrected chi connectivity index (χ4v) is 4.32. The Morgan fingerprint density at radius 3 is 2.32 bits per heavy atom. The topological polar surface area (TPSA) is 94.8 Å². The Bertz CT molecular complexity index is 850. The molecular weight excluding hydrogens is 448 g/mol. The number of allylic oxidation sites excluding steroid dienone is 7. The van der Waals surface area contributed by atoms with Crippen LogP contribution in [0.5, 0.6) is 0 Å². The lowest BCUT2D eigenvalue weighted by Gasteiger charge is -2.30. The van der Waals surface area contributed by atoms with Crippen LogP contribution in [-0.4, -0.2) is 38.1 Å². The monoisotopic (exact) mass is 486 g/mol. The molecule has 34 heavy (non-hydrogen) atoms. The maximum atomic E-state index is 11.1. The van der Waals surface area contributed by atoms with Crippen LogP contribution < -0.4 is 0 Å². The summed E-state index contributed by atoms with van der Waals surface area (Å²) in [6.45, 7) is 3.91. The van der Waals surface area contributed by atoms with E-state index in [0.29, 0.717) is 12.8 Å². The van der Waals surface area contributed by atoms with Gasteiger partial charge >= 0.3 is 11.9 Å². The Labute approximate surface area is 208 Å². The highest BCUT2D eigenvalue weighted by Gasteiger charge is 2.30. The van der Waals surface area contributed by atoms with Gasteiger partial charge in [0.05, 0.1) is 16.4 Å². The molecule has 0 aromatic heterocycles. The lowest BCUT2D eigenvalue weighted by atomic mass is 9.94. The van der Waals surface area contributed by atoms with E-state index in [1.807, 2.05) is 30.4 Å². The molecule has 0 bridgehead atoms. The maximum absolute atomic E-state index is 11.1. The number of aromatic carboxylic acids is 1. The lowest BCUT2D eigenvalue weighted by Crippen LogP contribution is -2.36. The minimum Gasteiger partial charge on any atom is -0.481 e. The zero-order chi connectivity index (χ0) is 25.2. The van der Waals surface area contributed by atoms with Gasteiger partial charge in [-0.05, 0) is 63.3 Å². The molecule has 0 radical (unpaired) electrons. The van der Waals surface area contributed by atoms with Crippen LogP contribution in [0.1, 0.15) is 75.6 Å². The van der Waals surface area contributed by atoms with Gasteiger partial charge in [0.2, 0.25) is 0 Å². The Kier molecular flexibility index (Phi) is 14.7. The molecule has 0 amide bonds. The van der Waals surface area contributed by atoms with Crippen LogP contribution in [0.2, 0.25) is 0 Å². The van der Waals surface area contributed by atoms with Gasteiger partial charge in [0.1, 0.15) is 0 Å². The van der Waals surface area contributed by atoms with E-state index in [9.17, 15) is 14.7 Å². The second-order valence-corrected chi connectivity index (χ2v) is 9.59. The molecule has 0 fully saturated rings. The van der Waals surface area contributed by atoms with Crippen LogP contribution in [-0.2, 0) is 4.79 Å². The third kappa shape index (κ3) is 13.2. The molecule has 3 N–H and O–H groups in total. The van der Waals surface area contributed by atoms with E-state index >= 15 is 0 Å². The van der Waals surface area contributed by atoms with Crippen molar-refractivity contribution in [2.75, 3.05) is 0 Å². The van der Waals surface area contributed by atoms with Crippen molar-refractivity contribution in [2.45, 2.75) is 81.0 Å². The molecular formula is C28H38O5S. The van der Waals surface area contributed by atoms with Crippen LogP contribution in [0.25, 0.3) is 0 Å². The minimum atomic E-state index is -1.13. The van der Waals surface area contributed by atoms with Gasteiger partial charge in [-0.25, -0.2) is 4.79 Å². The van der Waals surface area contributed by atoms with Gasteiger partial charge in [-0.2, -0.15) is 0 Å². The molecule has 1 aromatic rings. The first-order chi connectivity index (χ1) is 16.3. The van der Waals surface area contributed by atoms with E-state index in [-0.39, 0.29) is 17.2 Å². The van der Waals surface area contributed by atoms with Crippen molar-refractivity contribution in [3.63, 3.8) is 0 Å². The fourth-order valence-electron chi connectivity index (χ4n) is 3.19. The number of thioether (sulfide) groups is 1. The summed E-state index contributed by atoms with van der Waals surface area (Å²) in [4.78, 5) is 22.8. The smallest absolute Gasteiger partial charge is 0.335 e. The van der Waals surface area contributed by atoms with Crippen LogP contribution in [0.3, 0.4) is 0 Å². The number of aliphatic carboxylic acids is 1. The van der Waals surface area contributed by atoms with E-state index in [0.717, 1.165) is 17.7 Å². The molecule has 0 saturated heterocycles. The molecule has 0 aliphatic carbocycles. The molecule has 0 spiro atoms. The Hall–Kier alpha value is -2.57. The summed E-state index contributed by atoms with van der Waals surface area (Å²) in [6.07, 6.45) is 22.5. The van der Waals surface area contributed by atoms with E-state index in [4.69, 9.17) is 10.2 Å². The normalized spacial score (nSPS) is 14.9. The molecule has 0 aliphatic heterocycles. The molecule has 1 rings (SSSR count). The van der Waals surface area contributed by atoms with Crippen molar-refractivity contribution >= 4 is 23.7 Å². The third-order valence-corrected chi connectivity index (χ3v) is 6.68. The second kappa shape index (κ2) is 17.0. The molecule has 0 unspecified atom stereocenters. The lowest BCUT2D eigenvalue weighted by molar-refractivity contribution is -0.137. The Morgan fingerprint density at radius 2 is 1.68 bits per heavy atom. The van der Waals surface area contributed by atoms with Crippen molar-refractivity contribution in [1.82, 2.24) is 0 Å². The zero-order valence-corrected chi connectivity index (χ0v) is 21.0. The van der Waals surface area contributed by atoms with Gasteiger partial charge in [0.15, 0.2) is 0 Å². The Balaban J connectivity index is 2.74. The van der Waals surface area contributed by atoms with Crippen molar-refractivity contribution in [3.8, 4) is 0 Å². The first-order valence-electron chi connectivity index (χ1n) is 11.9. The van der Waals surface area contributed by atoms with E-state index in [1.165, 1.54) is 43.2 Å². The number of carbonyl (C=O) groups is 2. The molecule has 0 heterocycles. The summed E-state index contributed by atoms with van der Waals surface area (Å²) < 4.78 is 0. The number of hydrogen-bond donors (Lipinski definition) is 3. The number of benzene rings is 1. The summed E-state index contributed by atoms with van der Waals surface area (Å²) in [6, 6.07) is 6.51. The average Bonchev–Trinajstić information content (AvgIpc) is 2.78. The average molecular weight is 487 g/mol. The summed E-state index contributed by atoms with van der Waals surface area (Å²) in [5, 5.41) is 28.7. The van der Waals surface area contributed by atoms with Gasteiger partial charge in [-0.15, -0.1) is 11.8 Å². The number of hydrogen-bond acceptors (Lipinski definition) is 4. The number of carboxylic acids is 2. The van der Waals surface area contributed by atoms with Crippen molar-refractivity contribution in [1.29, 1.82) is 0 Å². The predicted octanol–water partition coefficient (Wildman–Crippen LogP) is 7.05. The molecule has 0 aliphatic rings. The molecule has 0 saturated carbocycles. The molecule has 5 nitrogen and oxygen atoms in total. The second-order valence-electron chi connectivity index (χ2n) is 8.37. The molecule has 2 atom stereocenters. The summed E-state index contributed by atoms with van der Waals surface area (Å²) in [5.41, 5.74) is -0.927. The van der Waals surface area contributed by atoms with Crippen LogP contribution >= 0.6 is 11.8 Å². The summed E-state index contributed by atoms with van der Waals surface area (Å²) in [5.74, 6) is -1.87. The first kappa shape index (κ1) is 29.5. The van der Waals surface area contributed by atoms with Gasteiger partial charge in [-0.1, -0.05) is 68.4 Å². The van der Waals surface area contributed by atoms with E-state index < -0.39 is 17.5 Å². The highest BCUT2D eigenvalue weighted by Crippen LogP contribution is 2.34. The zero-order valence-electron chi connectivity index (χ0n) is 20.2. The van der Waals surface area contributed by atoms with Crippen molar-refractivity contribution in [2.24, 2.45) is 0 Å². The minimum absolute atomic E-state index is 0.00229. The summed E-state index contributed by atoms with van der Waals surface area (Å²) >= 11 is 1.42. The maximum Gasteiger partial charge on any atom is 0.335 e. The van der Waals surface area contributed by atoms with Crippen molar-refractivity contribution in [3.05, 3.63) is 78.4 Å². The van der Waals surface area contributed by atoms with Crippen LogP contribution in [0, 0.1) is 0 Å². The largest absolute Gasteiger partial charge is 0.481 e. The third-order valence-electron chi connectivity index (χ3n) is 5.22. The quantitative estimate of drug-likeness (QED) is 0.0945. The number of aliphatic hydroxyl groups is 1. The number of unbranched alkanes of at least 4 members (excludes halogenated alkanes) is 3. The number of rotatable bonds is 17. The van der Waals surface area contributed by atoms with Gasteiger partial charge in [0.25, 0.3) is 0 Å². The van der Waals surface area contributed by atoms with Gasteiger partial charge in [0, 0.05) is 11.3 Å². The first-order valence-corrected chi connectivity index (χ1v) is 12.7. The Morgan fingerprint density at radius 1 is 0.971 bits per heavy atom. The molecule has 186 valence electrons. The SMILES string of the molecule is CCCCC/C=C\C\C=C/C=C/C=C/[C@@H](Sc1ccc(C(=O)O)cc1)[C@@](C)(O)CCCC(=O)O. The molecule has 6 heteroatoms. The highest BCUT2D eigenvalue weighted by molar-refractivity contribution is 8.00. The van der Waals surface area contributed by atoms with Crippen LogP contribution in [0.4, 0.5) is 0 Å². The predicted molar refractivity (Wildman–Crippen MR) is 140 cm³/mol. The summed E-state index contributed by atoms with van der Waals surface area (Å²) in [7, 11) is 0. The standard InChI is InChI=1S/C28H38O5S/c1-3-4-5-6-7-8-9-10-11-12-13-14-16-25(28(2,33)22-15-17-26(29)30)34-24-20-18-23(19-21-24)27(31)32/h7-8,10-14,16,18-21,25,33H,3-6,9,15,17,22H2,1-2H3,(H,29,30)(H,31,32)/b8-7-,11-10-,13-12+,16-14+/t25-,28+/m1/s1. The van der Waals surface area contributed by atoms with Crippen LogP contribution in [0.15, 0.2) is 77.8 Å². The van der Waals surface area contributed by atoms with Gasteiger partial charge in [-0.3, -0.25) is 4.79 Å². The number of carboxylic acid groups (broad SMARTS) is 2. The fraction of sp³-hybridized carbons (Fsp3) is 0.429. The van der Waals surface area contributed by atoms with E-state index in [2.05, 4.69) is 25.2 Å².